The molecule has 0 heterocycles. The van der Waals surface area contributed by atoms with Crippen LogP contribution in [0.15, 0.2) is 18.2 Å². The first-order valence-electron chi connectivity index (χ1n) is 6.85. The Hall–Kier alpha value is -1.75. The Morgan fingerprint density at radius 2 is 2.05 bits per heavy atom. The standard InChI is InChI=1S/C15H20ClNO4/c1-4-6-9(2)17-14(18)10(3)21-12-8-5-7-11(16)13(12)15(19)20/h5,7-10H,4,6H2,1-3H3,(H,17,18)(H,19,20). The second-order valence-electron chi connectivity index (χ2n) is 4.88. The number of carbonyl (C=O) groups excluding carboxylic acids is 1. The second-order valence-corrected chi connectivity index (χ2v) is 5.28. The molecule has 0 spiro atoms. The van der Waals surface area contributed by atoms with E-state index < -0.39 is 12.1 Å². The predicted octanol–water partition coefficient (Wildman–Crippen LogP) is 3.11. The Morgan fingerprint density at radius 1 is 1.38 bits per heavy atom. The van der Waals surface area contributed by atoms with Gasteiger partial charge in [0.2, 0.25) is 0 Å². The van der Waals surface area contributed by atoms with Crippen molar-refractivity contribution in [3.05, 3.63) is 28.8 Å². The van der Waals surface area contributed by atoms with Crippen LogP contribution in [0.3, 0.4) is 0 Å². The topological polar surface area (TPSA) is 75.6 Å². The number of halogens is 1. The van der Waals surface area contributed by atoms with Gasteiger partial charge in [-0.25, -0.2) is 4.79 Å². The molecule has 5 nitrogen and oxygen atoms in total. The van der Waals surface area contributed by atoms with E-state index in [2.05, 4.69) is 5.32 Å². The van der Waals surface area contributed by atoms with Crippen LogP contribution in [-0.2, 0) is 4.79 Å². The van der Waals surface area contributed by atoms with E-state index in [0.29, 0.717) is 0 Å². The zero-order valence-corrected chi connectivity index (χ0v) is 13.1. The highest BCUT2D eigenvalue weighted by Gasteiger charge is 2.21. The van der Waals surface area contributed by atoms with Crippen LogP contribution in [0, 0.1) is 0 Å². The molecule has 0 fully saturated rings. The monoisotopic (exact) mass is 313 g/mol. The zero-order valence-electron chi connectivity index (χ0n) is 12.4. The fourth-order valence-electron chi connectivity index (χ4n) is 1.92. The van der Waals surface area contributed by atoms with Gasteiger partial charge in [-0.15, -0.1) is 0 Å². The van der Waals surface area contributed by atoms with E-state index in [9.17, 15) is 9.59 Å². The molecule has 0 aliphatic rings. The minimum absolute atomic E-state index is 0.0480. The van der Waals surface area contributed by atoms with Crippen LogP contribution in [0.2, 0.25) is 5.02 Å². The Bertz CT molecular complexity index is 518. The van der Waals surface area contributed by atoms with Gasteiger partial charge in [-0.2, -0.15) is 0 Å². The van der Waals surface area contributed by atoms with Gasteiger partial charge in [-0.1, -0.05) is 31.0 Å². The molecule has 2 atom stereocenters. The highest BCUT2D eigenvalue weighted by molar-refractivity contribution is 6.33. The molecule has 2 unspecified atom stereocenters. The molecular formula is C15H20ClNO4. The fraction of sp³-hybridized carbons (Fsp3) is 0.467. The zero-order chi connectivity index (χ0) is 16.0. The van der Waals surface area contributed by atoms with E-state index in [4.69, 9.17) is 21.4 Å². The number of hydrogen-bond donors (Lipinski definition) is 2. The Labute approximate surface area is 129 Å². The first-order chi connectivity index (χ1) is 9.86. The first-order valence-corrected chi connectivity index (χ1v) is 7.23. The minimum Gasteiger partial charge on any atom is -0.480 e. The minimum atomic E-state index is -1.19. The average Bonchev–Trinajstić information content (AvgIpc) is 2.38. The van der Waals surface area contributed by atoms with Crippen molar-refractivity contribution in [3.63, 3.8) is 0 Å². The molecule has 1 amide bonds. The quantitative estimate of drug-likeness (QED) is 0.811. The number of hydrogen-bond acceptors (Lipinski definition) is 3. The van der Waals surface area contributed by atoms with Crippen LogP contribution in [0.1, 0.15) is 44.0 Å². The van der Waals surface area contributed by atoms with E-state index in [-0.39, 0.29) is 28.3 Å². The van der Waals surface area contributed by atoms with Crippen LogP contribution >= 0.6 is 11.6 Å². The molecule has 116 valence electrons. The number of carboxylic acid groups (broad SMARTS) is 1. The summed E-state index contributed by atoms with van der Waals surface area (Å²) in [6, 6.07) is 4.57. The molecule has 0 aliphatic carbocycles. The highest BCUT2D eigenvalue weighted by Crippen LogP contribution is 2.27. The molecule has 0 aromatic heterocycles. The maximum atomic E-state index is 12.0. The number of aromatic carboxylic acids is 1. The van der Waals surface area contributed by atoms with Crippen LogP contribution in [0.5, 0.6) is 5.75 Å². The van der Waals surface area contributed by atoms with Crippen molar-refractivity contribution in [2.24, 2.45) is 0 Å². The fourth-order valence-corrected chi connectivity index (χ4v) is 2.17. The number of carbonyl (C=O) groups is 2. The number of nitrogens with one attached hydrogen (secondary N) is 1. The van der Waals surface area contributed by atoms with Gasteiger partial charge in [0.05, 0.1) is 5.02 Å². The SMILES string of the molecule is CCCC(C)NC(=O)C(C)Oc1cccc(Cl)c1C(=O)O. The molecule has 1 aromatic rings. The Morgan fingerprint density at radius 3 is 2.62 bits per heavy atom. The number of benzene rings is 1. The molecule has 1 rings (SSSR count). The van der Waals surface area contributed by atoms with Crippen molar-refractivity contribution in [2.45, 2.75) is 45.8 Å². The molecule has 2 N–H and O–H groups in total. The summed E-state index contributed by atoms with van der Waals surface area (Å²) in [5, 5.41) is 12.0. The predicted molar refractivity (Wildman–Crippen MR) is 81.0 cm³/mol. The van der Waals surface area contributed by atoms with Crippen molar-refractivity contribution in [3.8, 4) is 5.75 Å². The summed E-state index contributed by atoms with van der Waals surface area (Å²) in [7, 11) is 0. The summed E-state index contributed by atoms with van der Waals surface area (Å²) in [5.74, 6) is -1.39. The van der Waals surface area contributed by atoms with Gasteiger partial charge in [-0.3, -0.25) is 4.79 Å². The number of rotatable bonds is 7. The van der Waals surface area contributed by atoms with Gasteiger partial charge in [0.1, 0.15) is 11.3 Å². The third-order valence-electron chi connectivity index (χ3n) is 2.97. The van der Waals surface area contributed by atoms with Crippen molar-refractivity contribution in [1.29, 1.82) is 0 Å². The average molecular weight is 314 g/mol. The summed E-state index contributed by atoms with van der Waals surface area (Å²) in [6.45, 7) is 5.52. The largest absolute Gasteiger partial charge is 0.480 e. The molecule has 0 saturated heterocycles. The van der Waals surface area contributed by atoms with E-state index in [1.165, 1.54) is 12.1 Å². The summed E-state index contributed by atoms with van der Waals surface area (Å²) in [4.78, 5) is 23.2. The maximum Gasteiger partial charge on any atom is 0.341 e. The lowest BCUT2D eigenvalue weighted by Gasteiger charge is -2.19. The Balaban J connectivity index is 2.79. The molecule has 0 saturated carbocycles. The van der Waals surface area contributed by atoms with Crippen molar-refractivity contribution in [2.75, 3.05) is 0 Å². The lowest BCUT2D eigenvalue weighted by Crippen LogP contribution is -2.41. The first kappa shape index (κ1) is 17.3. The summed E-state index contributed by atoms with van der Waals surface area (Å²) < 4.78 is 5.45. The van der Waals surface area contributed by atoms with Gasteiger partial charge in [0, 0.05) is 6.04 Å². The van der Waals surface area contributed by atoms with Crippen LogP contribution in [0.25, 0.3) is 0 Å². The van der Waals surface area contributed by atoms with Gasteiger partial charge < -0.3 is 15.2 Å². The van der Waals surface area contributed by atoms with Crippen molar-refractivity contribution < 1.29 is 19.4 Å². The van der Waals surface area contributed by atoms with Gasteiger partial charge >= 0.3 is 5.97 Å². The van der Waals surface area contributed by atoms with E-state index in [1.54, 1.807) is 13.0 Å². The molecule has 6 heteroatoms. The van der Waals surface area contributed by atoms with Crippen LogP contribution in [0.4, 0.5) is 0 Å². The van der Waals surface area contributed by atoms with Crippen LogP contribution in [-0.4, -0.2) is 29.1 Å². The van der Waals surface area contributed by atoms with E-state index in [0.717, 1.165) is 12.8 Å². The smallest absolute Gasteiger partial charge is 0.341 e. The lowest BCUT2D eigenvalue weighted by atomic mass is 10.2. The third kappa shape index (κ3) is 4.93. The van der Waals surface area contributed by atoms with Gasteiger partial charge in [-0.05, 0) is 32.4 Å². The van der Waals surface area contributed by atoms with Crippen LogP contribution < -0.4 is 10.1 Å². The van der Waals surface area contributed by atoms with Gasteiger partial charge in [0.15, 0.2) is 6.10 Å². The molecule has 21 heavy (non-hydrogen) atoms. The summed E-state index contributed by atoms with van der Waals surface area (Å²) >= 11 is 5.85. The second kappa shape index (κ2) is 7.88. The highest BCUT2D eigenvalue weighted by atomic mass is 35.5. The molecule has 1 aromatic carbocycles. The Kier molecular flexibility index (Phi) is 6.49. The maximum absolute atomic E-state index is 12.0. The molecule has 0 bridgehead atoms. The summed E-state index contributed by atoms with van der Waals surface area (Å²) in [5.41, 5.74) is -0.138. The summed E-state index contributed by atoms with van der Waals surface area (Å²) in [6.07, 6.45) is 1.03. The number of carboxylic acids is 1. The molecular weight excluding hydrogens is 294 g/mol. The molecule has 0 radical (unpaired) electrons. The number of amides is 1. The van der Waals surface area contributed by atoms with E-state index >= 15 is 0 Å². The van der Waals surface area contributed by atoms with Crippen molar-refractivity contribution >= 4 is 23.5 Å². The third-order valence-corrected chi connectivity index (χ3v) is 3.29. The number of ether oxygens (including phenoxy) is 1. The normalized spacial score (nSPS) is 13.3. The molecule has 0 aliphatic heterocycles. The van der Waals surface area contributed by atoms with E-state index in [1.807, 2.05) is 13.8 Å². The lowest BCUT2D eigenvalue weighted by molar-refractivity contribution is -0.127. The van der Waals surface area contributed by atoms with Crippen molar-refractivity contribution in [1.82, 2.24) is 5.32 Å². The van der Waals surface area contributed by atoms with Gasteiger partial charge in [0.25, 0.3) is 5.91 Å².